The highest BCUT2D eigenvalue weighted by Crippen LogP contribution is 2.40. The summed E-state index contributed by atoms with van der Waals surface area (Å²) >= 11 is 1.98. The number of unbranched alkanes of at least 4 members (excludes halogenated alkanes) is 1. The van der Waals surface area contributed by atoms with Crippen LogP contribution in [-0.4, -0.2) is 29.8 Å². The number of hydrogen-bond acceptors (Lipinski definition) is 3. The fourth-order valence-electron chi connectivity index (χ4n) is 2.93. The SMILES string of the molecule is CCCCOCCSCCCc1cc(C(C)(C)C)c(O)c(C(C)(C)C)c1. The highest BCUT2D eigenvalue weighted by Gasteiger charge is 2.26. The van der Waals surface area contributed by atoms with Crippen molar-refractivity contribution in [3.63, 3.8) is 0 Å². The van der Waals surface area contributed by atoms with E-state index in [0.29, 0.717) is 5.75 Å². The molecule has 0 atom stereocenters. The van der Waals surface area contributed by atoms with Crippen LogP contribution < -0.4 is 0 Å². The number of thioether (sulfide) groups is 1. The Hall–Kier alpha value is -0.670. The summed E-state index contributed by atoms with van der Waals surface area (Å²) in [6.07, 6.45) is 4.60. The number of phenols is 1. The molecule has 0 aliphatic heterocycles. The van der Waals surface area contributed by atoms with Gasteiger partial charge >= 0.3 is 0 Å². The van der Waals surface area contributed by atoms with Crippen molar-refractivity contribution >= 4 is 11.8 Å². The predicted molar refractivity (Wildman–Crippen MR) is 117 cm³/mol. The third-order valence-corrected chi connectivity index (χ3v) is 5.59. The van der Waals surface area contributed by atoms with E-state index in [9.17, 15) is 5.11 Å². The predicted octanol–water partition coefficient (Wildman–Crippen LogP) is 6.47. The minimum atomic E-state index is -0.0509. The molecule has 0 aliphatic rings. The van der Waals surface area contributed by atoms with E-state index in [-0.39, 0.29) is 10.8 Å². The highest BCUT2D eigenvalue weighted by molar-refractivity contribution is 7.99. The molecule has 0 saturated heterocycles. The van der Waals surface area contributed by atoms with Crippen LogP contribution in [0.25, 0.3) is 0 Å². The number of rotatable bonds is 10. The zero-order valence-electron chi connectivity index (χ0n) is 18.1. The van der Waals surface area contributed by atoms with Crippen LogP contribution >= 0.6 is 11.8 Å². The van der Waals surface area contributed by atoms with Crippen LogP contribution in [0.5, 0.6) is 5.75 Å². The Kier molecular flexibility index (Phi) is 9.54. The number of aryl methyl sites for hydroxylation is 1. The van der Waals surface area contributed by atoms with E-state index in [1.54, 1.807) is 0 Å². The first-order valence-corrected chi connectivity index (χ1v) is 11.2. The number of hydrogen-bond donors (Lipinski definition) is 1. The van der Waals surface area contributed by atoms with E-state index in [1.807, 2.05) is 11.8 Å². The smallest absolute Gasteiger partial charge is 0.123 e. The van der Waals surface area contributed by atoms with Crippen LogP contribution in [0.3, 0.4) is 0 Å². The molecule has 0 aliphatic carbocycles. The van der Waals surface area contributed by atoms with Crippen molar-refractivity contribution in [1.82, 2.24) is 0 Å². The lowest BCUT2D eigenvalue weighted by Crippen LogP contribution is -2.18. The Balaban J connectivity index is 2.61. The molecule has 0 saturated carbocycles. The van der Waals surface area contributed by atoms with Crippen LogP contribution in [-0.2, 0) is 22.0 Å². The maximum atomic E-state index is 10.8. The fourth-order valence-corrected chi connectivity index (χ4v) is 3.72. The lowest BCUT2D eigenvalue weighted by molar-refractivity contribution is 0.147. The van der Waals surface area contributed by atoms with Gasteiger partial charge in [0.15, 0.2) is 0 Å². The molecule has 1 rings (SSSR count). The summed E-state index contributed by atoms with van der Waals surface area (Å²) < 4.78 is 5.61. The van der Waals surface area contributed by atoms with Crippen LogP contribution in [0.1, 0.15) is 84.4 Å². The second kappa shape index (κ2) is 10.6. The molecule has 3 heteroatoms. The fraction of sp³-hybridized carbons (Fsp3) is 0.739. The van der Waals surface area contributed by atoms with Gasteiger partial charge in [-0.25, -0.2) is 0 Å². The molecular weight excluding hydrogens is 340 g/mol. The Labute approximate surface area is 166 Å². The van der Waals surface area contributed by atoms with Crippen molar-refractivity contribution in [3.05, 3.63) is 28.8 Å². The third-order valence-electron chi connectivity index (χ3n) is 4.55. The summed E-state index contributed by atoms with van der Waals surface area (Å²) in [7, 11) is 0. The van der Waals surface area contributed by atoms with Crippen molar-refractivity contribution < 1.29 is 9.84 Å². The third kappa shape index (κ3) is 7.92. The molecule has 0 amide bonds. The van der Waals surface area contributed by atoms with Gasteiger partial charge < -0.3 is 9.84 Å². The molecule has 0 heterocycles. The lowest BCUT2D eigenvalue weighted by Gasteiger charge is -2.28. The van der Waals surface area contributed by atoms with Crippen LogP contribution in [0.15, 0.2) is 12.1 Å². The Morgan fingerprint density at radius 2 is 1.46 bits per heavy atom. The summed E-state index contributed by atoms with van der Waals surface area (Å²) in [5, 5.41) is 10.8. The highest BCUT2D eigenvalue weighted by atomic mass is 32.2. The molecule has 0 fully saturated rings. The summed E-state index contributed by atoms with van der Waals surface area (Å²) in [5.41, 5.74) is 3.38. The monoisotopic (exact) mass is 380 g/mol. The maximum absolute atomic E-state index is 10.8. The number of ether oxygens (including phenoxy) is 1. The van der Waals surface area contributed by atoms with Gasteiger partial charge in [-0.15, -0.1) is 0 Å². The van der Waals surface area contributed by atoms with Crippen molar-refractivity contribution in [1.29, 1.82) is 0 Å². The molecule has 0 unspecified atom stereocenters. The largest absolute Gasteiger partial charge is 0.507 e. The minimum absolute atomic E-state index is 0.0509. The van der Waals surface area contributed by atoms with Crippen molar-refractivity contribution in [2.75, 3.05) is 24.7 Å². The molecule has 26 heavy (non-hydrogen) atoms. The van der Waals surface area contributed by atoms with Gasteiger partial charge in [-0.3, -0.25) is 0 Å². The van der Waals surface area contributed by atoms with Gasteiger partial charge in [0.1, 0.15) is 5.75 Å². The van der Waals surface area contributed by atoms with Gasteiger partial charge in [-0.2, -0.15) is 11.8 Å². The van der Waals surface area contributed by atoms with Gasteiger partial charge in [-0.1, -0.05) is 67.0 Å². The first-order chi connectivity index (χ1) is 12.1. The zero-order chi connectivity index (χ0) is 19.8. The molecular formula is C23H40O2S. The van der Waals surface area contributed by atoms with Crippen LogP contribution in [0.2, 0.25) is 0 Å². The number of benzene rings is 1. The minimum Gasteiger partial charge on any atom is -0.507 e. The van der Waals surface area contributed by atoms with E-state index in [4.69, 9.17) is 4.74 Å². The second-order valence-electron chi connectivity index (χ2n) is 9.22. The molecule has 2 nitrogen and oxygen atoms in total. The van der Waals surface area contributed by atoms with Gasteiger partial charge in [0.25, 0.3) is 0 Å². The molecule has 0 spiro atoms. The molecule has 1 N–H and O–H groups in total. The normalized spacial score (nSPS) is 12.6. The van der Waals surface area contributed by atoms with Crippen LogP contribution in [0, 0.1) is 0 Å². The van der Waals surface area contributed by atoms with Gasteiger partial charge in [0, 0.05) is 12.4 Å². The van der Waals surface area contributed by atoms with Gasteiger partial charge in [-0.05, 0) is 52.5 Å². The molecule has 0 aromatic heterocycles. The van der Waals surface area contributed by atoms with E-state index < -0.39 is 0 Å². The van der Waals surface area contributed by atoms with Crippen LogP contribution in [0.4, 0.5) is 0 Å². The quantitative estimate of drug-likeness (QED) is 0.472. The zero-order valence-corrected chi connectivity index (χ0v) is 18.9. The van der Waals surface area contributed by atoms with E-state index in [2.05, 4.69) is 60.6 Å². The van der Waals surface area contributed by atoms with E-state index in [1.165, 1.54) is 12.0 Å². The Morgan fingerprint density at radius 1 is 0.885 bits per heavy atom. The standard InChI is InChI=1S/C23H40O2S/c1-8-9-12-25-13-15-26-14-10-11-18-16-19(22(2,3)4)21(24)20(17-18)23(5,6)7/h16-17,24H,8-15H2,1-7H3. The number of phenolic OH excluding ortho intramolecular Hbond substituents is 1. The van der Waals surface area contributed by atoms with Gasteiger partial charge in [0.2, 0.25) is 0 Å². The Bertz CT molecular complexity index is 503. The van der Waals surface area contributed by atoms with Crippen molar-refractivity contribution in [2.45, 2.75) is 85.0 Å². The second-order valence-corrected chi connectivity index (χ2v) is 10.4. The first-order valence-electron chi connectivity index (χ1n) is 10.1. The van der Waals surface area contributed by atoms with E-state index >= 15 is 0 Å². The topological polar surface area (TPSA) is 29.5 Å². The van der Waals surface area contributed by atoms with E-state index in [0.717, 1.165) is 55.1 Å². The molecule has 0 bridgehead atoms. The molecule has 150 valence electrons. The maximum Gasteiger partial charge on any atom is 0.123 e. The van der Waals surface area contributed by atoms with Crippen molar-refractivity contribution in [2.24, 2.45) is 0 Å². The van der Waals surface area contributed by atoms with Gasteiger partial charge in [0.05, 0.1) is 6.61 Å². The number of aromatic hydroxyl groups is 1. The average molecular weight is 381 g/mol. The molecule has 1 aromatic rings. The molecule has 1 aromatic carbocycles. The Morgan fingerprint density at radius 3 is 1.96 bits per heavy atom. The van der Waals surface area contributed by atoms with Crippen molar-refractivity contribution in [3.8, 4) is 5.75 Å². The lowest BCUT2D eigenvalue weighted by atomic mass is 9.78. The summed E-state index contributed by atoms with van der Waals surface area (Å²) in [5.74, 6) is 2.72. The first kappa shape index (κ1) is 23.4. The summed E-state index contributed by atoms with van der Waals surface area (Å²) in [6, 6.07) is 4.42. The summed E-state index contributed by atoms with van der Waals surface area (Å²) in [4.78, 5) is 0. The average Bonchev–Trinajstić information content (AvgIpc) is 2.52. The molecule has 0 radical (unpaired) electrons. The summed E-state index contributed by atoms with van der Waals surface area (Å²) in [6.45, 7) is 17.0.